The topological polar surface area (TPSA) is 53.5 Å². The van der Waals surface area contributed by atoms with E-state index >= 15 is 0 Å². The number of piperidine rings is 1. The van der Waals surface area contributed by atoms with Crippen LogP contribution in [0.4, 0.5) is 0 Å². The van der Waals surface area contributed by atoms with Gasteiger partial charge in [-0.25, -0.2) is 0 Å². The van der Waals surface area contributed by atoms with Gasteiger partial charge in [-0.2, -0.15) is 0 Å². The van der Waals surface area contributed by atoms with E-state index in [-0.39, 0.29) is 6.61 Å². The maximum absolute atomic E-state index is 8.82. The van der Waals surface area contributed by atoms with Crippen LogP contribution in [0.25, 0.3) is 0 Å². The number of halogens is 1. The van der Waals surface area contributed by atoms with Crippen molar-refractivity contribution in [1.82, 2.24) is 10.6 Å². The van der Waals surface area contributed by atoms with Gasteiger partial charge in [-0.1, -0.05) is 11.6 Å². The van der Waals surface area contributed by atoms with E-state index in [1.807, 2.05) is 18.2 Å². The first kappa shape index (κ1) is 16.6. The molecule has 0 aromatic heterocycles. The molecule has 0 saturated carbocycles. The molecule has 0 bridgehead atoms. The van der Waals surface area contributed by atoms with Gasteiger partial charge in [0.2, 0.25) is 0 Å². The van der Waals surface area contributed by atoms with Gasteiger partial charge in [0, 0.05) is 30.2 Å². The Morgan fingerprint density at radius 2 is 2.14 bits per heavy atom. The summed E-state index contributed by atoms with van der Waals surface area (Å²) in [5.74, 6) is 1.61. The van der Waals surface area contributed by atoms with Crippen LogP contribution in [-0.4, -0.2) is 38.0 Å². The fourth-order valence-corrected chi connectivity index (χ4v) is 2.77. The van der Waals surface area contributed by atoms with Crippen molar-refractivity contribution < 1.29 is 9.84 Å². The predicted molar refractivity (Wildman–Crippen MR) is 86.0 cm³/mol. The third-order valence-electron chi connectivity index (χ3n) is 3.79. The average Bonchev–Trinajstić information content (AvgIpc) is 2.51. The highest BCUT2D eigenvalue weighted by Crippen LogP contribution is 2.23. The van der Waals surface area contributed by atoms with Gasteiger partial charge in [0.25, 0.3) is 0 Å². The Morgan fingerprint density at radius 1 is 1.33 bits per heavy atom. The quantitative estimate of drug-likeness (QED) is 0.644. The van der Waals surface area contributed by atoms with Crippen molar-refractivity contribution >= 4 is 11.6 Å². The number of rotatable bonds is 8. The van der Waals surface area contributed by atoms with Crippen LogP contribution in [0.3, 0.4) is 0 Å². The lowest BCUT2D eigenvalue weighted by atomic mass is 9.98. The van der Waals surface area contributed by atoms with Crippen LogP contribution in [0.2, 0.25) is 5.02 Å². The van der Waals surface area contributed by atoms with Crippen molar-refractivity contribution in [2.75, 3.05) is 32.8 Å². The smallest absolute Gasteiger partial charge is 0.123 e. The molecule has 1 aliphatic rings. The molecule has 0 atom stereocenters. The van der Waals surface area contributed by atoms with Crippen molar-refractivity contribution in [3.05, 3.63) is 28.8 Å². The second-order valence-corrected chi connectivity index (χ2v) is 5.94. The minimum absolute atomic E-state index is 0.150. The van der Waals surface area contributed by atoms with E-state index < -0.39 is 0 Å². The van der Waals surface area contributed by atoms with Crippen LogP contribution in [0.15, 0.2) is 18.2 Å². The molecule has 5 heteroatoms. The second-order valence-electron chi connectivity index (χ2n) is 5.50. The van der Waals surface area contributed by atoms with Gasteiger partial charge in [-0.05, 0) is 56.6 Å². The molecule has 4 nitrogen and oxygen atoms in total. The largest absolute Gasteiger partial charge is 0.493 e. The number of aliphatic hydroxyl groups excluding tert-OH is 1. The van der Waals surface area contributed by atoms with Crippen molar-refractivity contribution in [2.24, 2.45) is 5.92 Å². The van der Waals surface area contributed by atoms with Gasteiger partial charge >= 0.3 is 0 Å². The molecule has 0 amide bonds. The normalized spacial score (nSPS) is 16.1. The molecule has 0 radical (unpaired) electrons. The van der Waals surface area contributed by atoms with Crippen LogP contribution >= 0.6 is 11.6 Å². The van der Waals surface area contributed by atoms with E-state index in [9.17, 15) is 0 Å². The molecule has 1 aromatic carbocycles. The molecule has 0 aliphatic carbocycles. The maximum atomic E-state index is 8.82. The summed E-state index contributed by atoms with van der Waals surface area (Å²) in [6.07, 6.45) is 3.12. The fraction of sp³-hybridized carbons (Fsp3) is 0.625. The van der Waals surface area contributed by atoms with E-state index in [1.54, 1.807) is 0 Å². The highest BCUT2D eigenvalue weighted by atomic mass is 35.5. The predicted octanol–water partition coefficient (Wildman–Crippen LogP) is 2.19. The second kappa shape index (κ2) is 9.26. The molecule has 1 aliphatic heterocycles. The summed E-state index contributed by atoms with van der Waals surface area (Å²) in [6, 6.07) is 5.69. The Morgan fingerprint density at radius 3 is 2.90 bits per heavy atom. The number of benzene rings is 1. The first-order valence-corrected chi connectivity index (χ1v) is 8.11. The standard InChI is InChI=1S/C16H25ClN2O2/c17-15-2-3-16(21-9-1-8-20)14(10-15)12-19-11-13-4-6-18-7-5-13/h2-3,10,13,18-20H,1,4-9,11-12H2. The molecule has 21 heavy (non-hydrogen) atoms. The lowest BCUT2D eigenvalue weighted by molar-refractivity contribution is 0.232. The van der Waals surface area contributed by atoms with Gasteiger partial charge < -0.3 is 20.5 Å². The molecule has 1 heterocycles. The van der Waals surface area contributed by atoms with E-state index in [4.69, 9.17) is 21.4 Å². The van der Waals surface area contributed by atoms with Gasteiger partial charge in [-0.3, -0.25) is 0 Å². The van der Waals surface area contributed by atoms with E-state index in [2.05, 4.69) is 10.6 Å². The van der Waals surface area contributed by atoms with Gasteiger partial charge in [0.1, 0.15) is 5.75 Å². The van der Waals surface area contributed by atoms with Crippen LogP contribution in [0.1, 0.15) is 24.8 Å². The fourth-order valence-electron chi connectivity index (χ4n) is 2.57. The van der Waals surface area contributed by atoms with Crippen LogP contribution in [0.5, 0.6) is 5.75 Å². The SMILES string of the molecule is OCCCOc1ccc(Cl)cc1CNCC1CCNCC1. The Hall–Kier alpha value is -0.810. The third-order valence-corrected chi connectivity index (χ3v) is 4.02. The molecule has 1 saturated heterocycles. The molecule has 2 rings (SSSR count). The summed E-state index contributed by atoms with van der Waals surface area (Å²) in [6.45, 7) is 4.72. The minimum atomic E-state index is 0.150. The zero-order valence-corrected chi connectivity index (χ0v) is 13.2. The molecule has 3 N–H and O–H groups in total. The zero-order valence-electron chi connectivity index (χ0n) is 12.4. The van der Waals surface area contributed by atoms with Crippen LogP contribution in [-0.2, 0) is 6.54 Å². The lowest BCUT2D eigenvalue weighted by Crippen LogP contribution is -2.33. The molecule has 118 valence electrons. The van der Waals surface area contributed by atoms with E-state index in [0.717, 1.165) is 48.4 Å². The Kier molecular flexibility index (Phi) is 7.30. The molecular formula is C16H25ClN2O2. The number of nitrogens with one attached hydrogen (secondary N) is 2. The van der Waals surface area contributed by atoms with Gasteiger partial charge in [0.15, 0.2) is 0 Å². The highest BCUT2D eigenvalue weighted by Gasteiger charge is 2.12. The number of hydrogen-bond donors (Lipinski definition) is 3. The Labute approximate surface area is 131 Å². The molecule has 0 spiro atoms. The summed E-state index contributed by atoms with van der Waals surface area (Å²) in [4.78, 5) is 0. The lowest BCUT2D eigenvalue weighted by Gasteiger charge is -2.23. The molecular weight excluding hydrogens is 288 g/mol. The average molecular weight is 313 g/mol. The van der Waals surface area contributed by atoms with Crippen molar-refractivity contribution in [3.63, 3.8) is 0 Å². The summed E-state index contributed by atoms with van der Waals surface area (Å²) < 4.78 is 5.71. The molecule has 0 unspecified atom stereocenters. The van der Waals surface area contributed by atoms with Crippen molar-refractivity contribution in [1.29, 1.82) is 0 Å². The monoisotopic (exact) mass is 312 g/mol. The summed E-state index contributed by atoms with van der Waals surface area (Å²) in [5.41, 5.74) is 1.08. The van der Waals surface area contributed by atoms with Gasteiger partial charge in [-0.15, -0.1) is 0 Å². The van der Waals surface area contributed by atoms with Crippen LogP contribution in [0, 0.1) is 5.92 Å². The first-order chi connectivity index (χ1) is 10.3. The Balaban J connectivity index is 1.83. The summed E-state index contributed by atoms with van der Waals surface area (Å²) >= 11 is 6.07. The summed E-state index contributed by atoms with van der Waals surface area (Å²) in [5, 5.41) is 16.4. The first-order valence-electron chi connectivity index (χ1n) is 7.73. The highest BCUT2D eigenvalue weighted by molar-refractivity contribution is 6.30. The van der Waals surface area contributed by atoms with Crippen molar-refractivity contribution in [3.8, 4) is 5.75 Å². The molecule has 1 fully saturated rings. The van der Waals surface area contributed by atoms with E-state index in [0.29, 0.717) is 13.0 Å². The Bertz CT molecular complexity index is 423. The number of ether oxygens (including phenoxy) is 1. The zero-order chi connectivity index (χ0) is 14.9. The minimum Gasteiger partial charge on any atom is -0.493 e. The van der Waals surface area contributed by atoms with Crippen molar-refractivity contribution in [2.45, 2.75) is 25.8 Å². The third kappa shape index (κ3) is 5.83. The number of aliphatic hydroxyl groups is 1. The van der Waals surface area contributed by atoms with E-state index in [1.165, 1.54) is 12.8 Å². The van der Waals surface area contributed by atoms with Gasteiger partial charge in [0.05, 0.1) is 6.61 Å². The van der Waals surface area contributed by atoms with Crippen LogP contribution < -0.4 is 15.4 Å². The maximum Gasteiger partial charge on any atom is 0.123 e. The summed E-state index contributed by atoms with van der Waals surface area (Å²) in [7, 11) is 0. The number of hydrogen-bond acceptors (Lipinski definition) is 4. The molecule has 1 aromatic rings.